The molecule has 1 radical (unpaired) electrons. The Labute approximate surface area is 76.1 Å². The molecule has 0 aliphatic carbocycles. The Balaban J connectivity index is 2.69. The smallest absolute Gasteiger partial charge is 0.00675 e. The zero-order valence-corrected chi connectivity index (χ0v) is 8.59. The SMILES string of the molecule is [CH2]CCCCCCSCCC. The van der Waals surface area contributed by atoms with Crippen LogP contribution in [0.1, 0.15) is 45.4 Å². The van der Waals surface area contributed by atoms with Crippen LogP contribution in [0, 0.1) is 6.92 Å². The van der Waals surface area contributed by atoms with E-state index < -0.39 is 0 Å². The lowest BCUT2D eigenvalue weighted by molar-refractivity contribution is 0.677. The van der Waals surface area contributed by atoms with Crippen LogP contribution in [-0.4, -0.2) is 11.5 Å². The minimum atomic E-state index is 1.11. The predicted molar refractivity (Wildman–Crippen MR) is 56.1 cm³/mol. The average Bonchev–Trinajstić information content (AvgIpc) is 2.03. The van der Waals surface area contributed by atoms with Gasteiger partial charge in [0.15, 0.2) is 0 Å². The van der Waals surface area contributed by atoms with Gasteiger partial charge in [0.05, 0.1) is 0 Å². The van der Waals surface area contributed by atoms with Gasteiger partial charge in [-0.05, 0) is 24.3 Å². The van der Waals surface area contributed by atoms with Gasteiger partial charge in [0.2, 0.25) is 0 Å². The molecule has 0 saturated heterocycles. The summed E-state index contributed by atoms with van der Waals surface area (Å²) in [6.07, 6.45) is 7.96. The second-order valence-electron chi connectivity index (χ2n) is 2.88. The maximum absolute atomic E-state index is 3.83. The van der Waals surface area contributed by atoms with Crippen LogP contribution in [0.15, 0.2) is 0 Å². The van der Waals surface area contributed by atoms with Gasteiger partial charge in [0.1, 0.15) is 0 Å². The summed E-state index contributed by atoms with van der Waals surface area (Å²) >= 11 is 2.10. The van der Waals surface area contributed by atoms with Gasteiger partial charge >= 0.3 is 0 Å². The van der Waals surface area contributed by atoms with Crippen molar-refractivity contribution in [3.8, 4) is 0 Å². The van der Waals surface area contributed by atoms with Crippen LogP contribution < -0.4 is 0 Å². The van der Waals surface area contributed by atoms with E-state index >= 15 is 0 Å². The fourth-order valence-electron chi connectivity index (χ4n) is 0.981. The number of rotatable bonds is 8. The van der Waals surface area contributed by atoms with Gasteiger partial charge in [-0.1, -0.05) is 39.5 Å². The van der Waals surface area contributed by atoms with E-state index in [1.165, 1.54) is 43.6 Å². The van der Waals surface area contributed by atoms with Gasteiger partial charge in [-0.2, -0.15) is 11.8 Å². The Bertz CT molecular complexity index is 53.9. The average molecular weight is 173 g/mol. The van der Waals surface area contributed by atoms with Gasteiger partial charge in [-0.25, -0.2) is 0 Å². The van der Waals surface area contributed by atoms with E-state index in [9.17, 15) is 0 Å². The largest absolute Gasteiger partial charge is 0.162 e. The first-order valence-corrected chi connectivity index (χ1v) is 5.94. The highest BCUT2D eigenvalue weighted by molar-refractivity contribution is 7.99. The molecular weight excluding hydrogens is 152 g/mol. The molecule has 0 aromatic heterocycles. The standard InChI is InChI=1S/C10H21S/c1-3-5-6-7-8-10-11-9-4-2/h1,3-10H2,2H3. The van der Waals surface area contributed by atoms with Crippen molar-refractivity contribution in [2.75, 3.05) is 11.5 Å². The highest BCUT2D eigenvalue weighted by Gasteiger charge is 1.89. The van der Waals surface area contributed by atoms with Gasteiger partial charge in [-0.15, -0.1) is 0 Å². The molecule has 0 fully saturated rings. The van der Waals surface area contributed by atoms with Gasteiger partial charge in [-0.3, -0.25) is 0 Å². The quantitative estimate of drug-likeness (QED) is 0.501. The summed E-state index contributed by atoms with van der Waals surface area (Å²) in [6, 6.07) is 0. The first-order valence-electron chi connectivity index (χ1n) is 4.78. The van der Waals surface area contributed by atoms with Crippen molar-refractivity contribution in [2.24, 2.45) is 0 Å². The summed E-state index contributed by atoms with van der Waals surface area (Å²) in [4.78, 5) is 0. The molecule has 0 saturated carbocycles. The van der Waals surface area contributed by atoms with Crippen molar-refractivity contribution < 1.29 is 0 Å². The Morgan fingerprint density at radius 1 is 1.00 bits per heavy atom. The third-order valence-corrected chi connectivity index (χ3v) is 2.91. The van der Waals surface area contributed by atoms with Gasteiger partial charge in [0.25, 0.3) is 0 Å². The summed E-state index contributed by atoms with van der Waals surface area (Å²) in [7, 11) is 0. The molecule has 0 aliphatic rings. The zero-order chi connectivity index (χ0) is 8.36. The number of thioether (sulfide) groups is 1. The summed E-state index contributed by atoms with van der Waals surface area (Å²) in [6.45, 7) is 6.07. The van der Waals surface area contributed by atoms with E-state index in [-0.39, 0.29) is 0 Å². The van der Waals surface area contributed by atoms with Crippen LogP contribution in [0.25, 0.3) is 0 Å². The van der Waals surface area contributed by atoms with Crippen LogP contribution >= 0.6 is 11.8 Å². The van der Waals surface area contributed by atoms with Crippen LogP contribution in [0.3, 0.4) is 0 Å². The highest BCUT2D eigenvalue weighted by atomic mass is 32.2. The molecule has 0 amide bonds. The Morgan fingerprint density at radius 2 is 1.73 bits per heavy atom. The topological polar surface area (TPSA) is 0 Å². The second kappa shape index (κ2) is 10.3. The normalized spacial score (nSPS) is 10.4. The molecule has 0 atom stereocenters. The van der Waals surface area contributed by atoms with Gasteiger partial charge < -0.3 is 0 Å². The summed E-state index contributed by atoms with van der Waals surface area (Å²) in [5.74, 6) is 2.71. The minimum absolute atomic E-state index is 1.11. The third kappa shape index (κ3) is 10.4. The first-order chi connectivity index (χ1) is 5.41. The number of hydrogen-bond donors (Lipinski definition) is 0. The maximum atomic E-state index is 3.83. The molecule has 1 heteroatoms. The van der Waals surface area contributed by atoms with E-state index in [4.69, 9.17) is 0 Å². The van der Waals surface area contributed by atoms with E-state index in [2.05, 4.69) is 25.6 Å². The highest BCUT2D eigenvalue weighted by Crippen LogP contribution is 2.08. The first kappa shape index (κ1) is 11.4. The summed E-state index contributed by atoms with van der Waals surface area (Å²) in [5.41, 5.74) is 0. The molecule has 0 nitrogen and oxygen atoms in total. The lowest BCUT2D eigenvalue weighted by Gasteiger charge is -1.99. The molecule has 0 aromatic carbocycles. The molecule has 67 valence electrons. The van der Waals surface area contributed by atoms with Crippen molar-refractivity contribution in [1.82, 2.24) is 0 Å². The van der Waals surface area contributed by atoms with E-state index in [1.54, 1.807) is 0 Å². The van der Waals surface area contributed by atoms with Crippen molar-refractivity contribution in [1.29, 1.82) is 0 Å². The Kier molecular flexibility index (Phi) is 10.7. The fraction of sp³-hybridized carbons (Fsp3) is 0.900. The third-order valence-electron chi connectivity index (χ3n) is 1.64. The lowest BCUT2D eigenvalue weighted by atomic mass is 10.2. The summed E-state index contributed by atoms with van der Waals surface area (Å²) in [5, 5.41) is 0. The molecule has 0 unspecified atom stereocenters. The van der Waals surface area contributed by atoms with Gasteiger partial charge in [0, 0.05) is 0 Å². The van der Waals surface area contributed by atoms with Crippen molar-refractivity contribution >= 4 is 11.8 Å². The fourth-order valence-corrected chi connectivity index (χ4v) is 1.88. The number of unbranched alkanes of at least 4 members (excludes halogenated alkanes) is 4. The molecule has 11 heavy (non-hydrogen) atoms. The van der Waals surface area contributed by atoms with Crippen LogP contribution in [0.2, 0.25) is 0 Å². The molecule has 0 spiro atoms. The minimum Gasteiger partial charge on any atom is -0.162 e. The molecule has 0 N–H and O–H groups in total. The predicted octanol–water partition coefficient (Wildman–Crippen LogP) is 3.91. The second-order valence-corrected chi connectivity index (χ2v) is 4.10. The molecule has 0 heterocycles. The molecule has 0 aromatic rings. The summed E-state index contributed by atoms with van der Waals surface area (Å²) < 4.78 is 0. The van der Waals surface area contributed by atoms with Crippen molar-refractivity contribution in [3.05, 3.63) is 6.92 Å². The van der Waals surface area contributed by atoms with Crippen molar-refractivity contribution in [2.45, 2.75) is 45.4 Å². The zero-order valence-electron chi connectivity index (χ0n) is 7.77. The lowest BCUT2D eigenvalue weighted by Crippen LogP contribution is -1.83. The molecule has 0 aliphatic heterocycles. The van der Waals surface area contributed by atoms with E-state index in [0.717, 1.165) is 6.42 Å². The van der Waals surface area contributed by atoms with E-state index in [1.807, 2.05) is 0 Å². The van der Waals surface area contributed by atoms with E-state index in [0.29, 0.717) is 0 Å². The monoisotopic (exact) mass is 173 g/mol. The molecular formula is C10H21S. The Morgan fingerprint density at radius 3 is 2.36 bits per heavy atom. The van der Waals surface area contributed by atoms with Crippen LogP contribution in [-0.2, 0) is 0 Å². The maximum Gasteiger partial charge on any atom is -0.00675 e. The van der Waals surface area contributed by atoms with Crippen LogP contribution in [0.5, 0.6) is 0 Å². The van der Waals surface area contributed by atoms with Crippen LogP contribution in [0.4, 0.5) is 0 Å². The molecule has 0 rings (SSSR count). The Hall–Kier alpha value is 0.350. The van der Waals surface area contributed by atoms with Crippen molar-refractivity contribution in [3.63, 3.8) is 0 Å². The number of hydrogen-bond acceptors (Lipinski definition) is 1. The molecule has 0 bridgehead atoms.